The average molecular weight is 621 g/mol. The molecule has 2 heteroatoms. The summed E-state index contributed by atoms with van der Waals surface area (Å²) in [6, 6.07) is 45.5. The number of dihydropyridines is 1. The normalized spacial score (nSPS) is 13.8. The SMILES string of the molecule is C/C=N\C(CCC1=CC=CNC1)c1cccc2c(-c3c4ccccc4c(-c4ccc5cc(CC)ccc5c4)c4ccccc34)cccc12. The van der Waals surface area contributed by atoms with Crippen LogP contribution < -0.4 is 5.32 Å². The van der Waals surface area contributed by atoms with Gasteiger partial charge in [-0.15, -0.1) is 0 Å². The summed E-state index contributed by atoms with van der Waals surface area (Å²) in [4.78, 5) is 5.02. The first-order valence-electron chi connectivity index (χ1n) is 17.3. The molecule has 8 rings (SSSR count). The third-order valence-electron chi connectivity index (χ3n) is 10.1. The van der Waals surface area contributed by atoms with Crippen LogP contribution in [0.15, 0.2) is 150 Å². The fourth-order valence-electron chi connectivity index (χ4n) is 7.73. The van der Waals surface area contributed by atoms with Crippen LogP contribution in [0.5, 0.6) is 0 Å². The van der Waals surface area contributed by atoms with Crippen LogP contribution in [0.4, 0.5) is 0 Å². The molecule has 0 saturated heterocycles. The number of benzene rings is 7. The van der Waals surface area contributed by atoms with E-state index < -0.39 is 0 Å². The van der Waals surface area contributed by atoms with Gasteiger partial charge in [-0.1, -0.05) is 134 Å². The summed E-state index contributed by atoms with van der Waals surface area (Å²) >= 11 is 0. The predicted octanol–water partition coefficient (Wildman–Crippen LogP) is 12.2. The van der Waals surface area contributed by atoms with Crippen molar-refractivity contribution in [3.8, 4) is 22.3 Å². The van der Waals surface area contributed by atoms with Crippen molar-refractivity contribution in [3.63, 3.8) is 0 Å². The van der Waals surface area contributed by atoms with Crippen LogP contribution in [0.25, 0.3) is 65.3 Å². The summed E-state index contributed by atoms with van der Waals surface area (Å²) < 4.78 is 0. The van der Waals surface area contributed by atoms with Gasteiger partial charge >= 0.3 is 0 Å². The van der Waals surface area contributed by atoms with Gasteiger partial charge in [-0.25, -0.2) is 0 Å². The maximum absolute atomic E-state index is 5.02. The van der Waals surface area contributed by atoms with Gasteiger partial charge in [0.1, 0.15) is 0 Å². The van der Waals surface area contributed by atoms with Crippen molar-refractivity contribution in [3.05, 3.63) is 156 Å². The number of hydrogen-bond acceptors (Lipinski definition) is 2. The van der Waals surface area contributed by atoms with Gasteiger partial charge in [-0.05, 0) is 127 Å². The number of aryl methyl sites for hydroxylation is 1. The molecule has 0 aliphatic carbocycles. The van der Waals surface area contributed by atoms with Crippen LogP contribution >= 0.6 is 0 Å². The van der Waals surface area contributed by atoms with Gasteiger partial charge in [0.25, 0.3) is 0 Å². The Balaban J connectivity index is 1.33. The molecule has 2 nitrogen and oxygen atoms in total. The van der Waals surface area contributed by atoms with E-state index in [1.807, 2.05) is 19.3 Å². The topological polar surface area (TPSA) is 24.4 Å². The summed E-state index contributed by atoms with van der Waals surface area (Å²) in [6.07, 6.45) is 11.4. The number of hydrogen-bond donors (Lipinski definition) is 1. The van der Waals surface area contributed by atoms with Gasteiger partial charge in [0.2, 0.25) is 0 Å². The highest BCUT2D eigenvalue weighted by Gasteiger charge is 2.20. The standard InChI is InChI=1S/C46H40N2/c1-3-31-21-23-34-29-35(25-24-33(34)28-31)45-40-13-5-7-15-42(40)46(43-16-8-6-14-41(43)45)39-20-10-17-36-37(39)18-9-19-38(36)44(48-4-2)26-22-32-12-11-27-47-30-32/h4-21,23-25,27-29,44,47H,3,22,26,30H2,1-2H3/b48-4-. The van der Waals surface area contributed by atoms with Crippen LogP contribution in [-0.4, -0.2) is 12.8 Å². The Kier molecular flexibility index (Phi) is 8.08. The van der Waals surface area contributed by atoms with Crippen LogP contribution in [-0.2, 0) is 6.42 Å². The molecule has 1 aliphatic rings. The second-order valence-electron chi connectivity index (χ2n) is 12.9. The quantitative estimate of drug-likeness (QED) is 0.133. The van der Waals surface area contributed by atoms with E-state index in [1.165, 1.54) is 82.0 Å². The Morgan fingerprint density at radius 2 is 1.35 bits per heavy atom. The fourth-order valence-corrected chi connectivity index (χ4v) is 7.73. The molecule has 1 unspecified atom stereocenters. The van der Waals surface area contributed by atoms with Crippen LogP contribution in [0.3, 0.4) is 0 Å². The maximum Gasteiger partial charge on any atom is 0.0754 e. The Morgan fingerprint density at radius 1 is 0.688 bits per heavy atom. The molecule has 0 spiro atoms. The molecule has 48 heavy (non-hydrogen) atoms. The zero-order valence-corrected chi connectivity index (χ0v) is 27.7. The monoisotopic (exact) mass is 620 g/mol. The van der Waals surface area contributed by atoms with Crippen molar-refractivity contribution >= 4 is 49.3 Å². The van der Waals surface area contributed by atoms with E-state index in [0.717, 1.165) is 25.8 Å². The van der Waals surface area contributed by atoms with Crippen molar-refractivity contribution in [1.29, 1.82) is 0 Å². The molecule has 234 valence electrons. The minimum absolute atomic E-state index is 0.0953. The molecule has 0 fully saturated rings. The molecule has 7 aromatic carbocycles. The van der Waals surface area contributed by atoms with Gasteiger partial charge < -0.3 is 5.32 Å². The van der Waals surface area contributed by atoms with E-state index in [9.17, 15) is 0 Å². The molecule has 7 aromatic rings. The summed E-state index contributed by atoms with van der Waals surface area (Å²) in [7, 11) is 0. The Labute approximate surface area is 283 Å². The molecule has 0 radical (unpaired) electrons. The molecule has 0 aromatic heterocycles. The van der Waals surface area contributed by atoms with Crippen molar-refractivity contribution in [1.82, 2.24) is 5.32 Å². The number of fused-ring (bicyclic) bond motifs is 4. The fraction of sp³-hybridized carbons (Fsp3) is 0.152. The first kappa shape index (κ1) is 29.9. The smallest absolute Gasteiger partial charge is 0.0754 e. The van der Waals surface area contributed by atoms with E-state index in [0.29, 0.717) is 0 Å². The Bertz CT molecular complexity index is 2350. The maximum atomic E-state index is 5.02. The zero-order chi connectivity index (χ0) is 32.5. The van der Waals surface area contributed by atoms with E-state index in [4.69, 9.17) is 4.99 Å². The predicted molar refractivity (Wildman–Crippen MR) is 208 cm³/mol. The number of rotatable bonds is 8. The van der Waals surface area contributed by atoms with Crippen LogP contribution in [0.1, 0.15) is 43.9 Å². The molecule has 0 amide bonds. The molecule has 1 atom stereocenters. The lowest BCUT2D eigenvalue weighted by Crippen LogP contribution is -2.13. The molecular weight excluding hydrogens is 581 g/mol. The van der Waals surface area contributed by atoms with Gasteiger partial charge in [0, 0.05) is 6.54 Å². The van der Waals surface area contributed by atoms with Crippen molar-refractivity contribution in [2.24, 2.45) is 4.99 Å². The number of allylic oxidation sites excluding steroid dienone is 2. The summed E-state index contributed by atoms with van der Waals surface area (Å²) in [6.45, 7) is 5.16. The second kappa shape index (κ2) is 13.0. The molecule has 1 heterocycles. The largest absolute Gasteiger partial charge is 0.387 e. The van der Waals surface area contributed by atoms with Crippen molar-refractivity contribution in [2.75, 3.05) is 6.54 Å². The first-order chi connectivity index (χ1) is 23.7. The first-order valence-corrected chi connectivity index (χ1v) is 17.3. The van der Waals surface area contributed by atoms with Gasteiger partial charge in [0.15, 0.2) is 0 Å². The van der Waals surface area contributed by atoms with E-state index >= 15 is 0 Å². The molecule has 1 aliphatic heterocycles. The number of aliphatic imine (C=N–C) groups is 1. The zero-order valence-electron chi connectivity index (χ0n) is 27.7. The number of nitrogens with one attached hydrogen (secondary N) is 1. The highest BCUT2D eigenvalue weighted by Crippen LogP contribution is 2.46. The minimum Gasteiger partial charge on any atom is -0.387 e. The van der Waals surface area contributed by atoms with Crippen LogP contribution in [0, 0.1) is 0 Å². The lowest BCUT2D eigenvalue weighted by atomic mass is 9.83. The highest BCUT2D eigenvalue weighted by molar-refractivity contribution is 6.23. The van der Waals surface area contributed by atoms with Gasteiger partial charge in [-0.2, -0.15) is 0 Å². The third-order valence-corrected chi connectivity index (χ3v) is 10.1. The highest BCUT2D eigenvalue weighted by atomic mass is 14.8. The van der Waals surface area contributed by atoms with Crippen LogP contribution in [0.2, 0.25) is 0 Å². The van der Waals surface area contributed by atoms with E-state index in [2.05, 4.69) is 146 Å². The average Bonchev–Trinajstić information content (AvgIpc) is 3.15. The Morgan fingerprint density at radius 3 is 2.06 bits per heavy atom. The van der Waals surface area contributed by atoms with Gasteiger partial charge in [-0.3, -0.25) is 4.99 Å². The molecule has 0 saturated carbocycles. The molecule has 0 bridgehead atoms. The molecule has 1 N–H and O–H groups in total. The van der Waals surface area contributed by atoms with Gasteiger partial charge in [0.05, 0.1) is 6.04 Å². The van der Waals surface area contributed by atoms with E-state index in [1.54, 1.807) is 0 Å². The van der Waals surface area contributed by atoms with E-state index in [-0.39, 0.29) is 6.04 Å². The second-order valence-corrected chi connectivity index (χ2v) is 12.9. The minimum atomic E-state index is 0.0953. The summed E-state index contributed by atoms with van der Waals surface area (Å²) in [5.74, 6) is 0. The summed E-state index contributed by atoms with van der Waals surface area (Å²) in [5.41, 5.74) is 9.20. The number of nitrogens with zero attached hydrogens (tertiary/aromatic N) is 1. The van der Waals surface area contributed by atoms with Crippen molar-refractivity contribution in [2.45, 2.75) is 39.2 Å². The third kappa shape index (κ3) is 5.38. The lowest BCUT2D eigenvalue weighted by Gasteiger charge is -2.21. The Hall–Kier alpha value is -5.47. The van der Waals surface area contributed by atoms with Crippen molar-refractivity contribution < 1.29 is 0 Å². The molecular formula is C46H40N2. The lowest BCUT2D eigenvalue weighted by molar-refractivity contribution is 0.645. The summed E-state index contributed by atoms with van der Waals surface area (Å²) in [5, 5.41) is 13.6.